The number of esters is 1. The Morgan fingerprint density at radius 2 is 1.52 bits per heavy atom. The molecule has 0 heterocycles. The van der Waals surface area contributed by atoms with Crippen LogP contribution in [0.5, 0.6) is 0 Å². The lowest BCUT2D eigenvalue weighted by atomic mass is 10.1. The zero-order chi connectivity index (χ0) is 18.6. The molecule has 0 saturated heterocycles. The highest BCUT2D eigenvalue weighted by molar-refractivity contribution is 7.89. The van der Waals surface area contributed by atoms with Crippen LogP contribution in [0.2, 0.25) is 0 Å². The van der Waals surface area contributed by atoms with Crippen molar-refractivity contribution in [1.82, 2.24) is 0 Å². The van der Waals surface area contributed by atoms with Crippen LogP contribution in [-0.4, -0.2) is 32.5 Å². The van der Waals surface area contributed by atoms with Crippen LogP contribution >= 0.6 is 0 Å². The number of carbonyl (C=O) groups excluding carboxylic acids is 2. The summed E-state index contributed by atoms with van der Waals surface area (Å²) in [5.41, 5.74) is 0.996. The Balaban J connectivity index is 2.03. The molecule has 0 aliphatic heterocycles. The molecule has 0 bridgehead atoms. The maximum Gasteiger partial charge on any atom is 0.338 e. The third-order valence-electron chi connectivity index (χ3n) is 3.40. The predicted octanol–water partition coefficient (Wildman–Crippen LogP) is 2.80. The number of sulfone groups is 1. The minimum absolute atomic E-state index is 0.123. The molecule has 2 rings (SSSR count). The van der Waals surface area contributed by atoms with Gasteiger partial charge in [-0.1, -0.05) is 12.1 Å². The van der Waals surface area contributed by atoms with E-state index in [-0.39, 0.29) is 16.9 Å². The summed E-state index contributed by atoms with van der Waals surface area (Å²) in [7, 11) is -3.16. The molecule has 1 atom stereocenters. The number of rotatable bonds is 6. The highest BCUT2D eigenvalue weighted by atomic mass is 32.2. The van der Waals surface area contributed by atoms with Crippen LogP contribution < -0.4 is 0 Å². The van der Waals surface area contributed by atoms with Gasteiger partial charge in [-0.25, -0.2) is 17.6 Å². The molecule has 5 nitrogen and oxygen atoms in total. The van der Waals surface area contributed by atoms with E-state index in [1.807, 2.05) is 0 Å². The Morgan fingerprint density at radius 3 is 2.04 bits per heavy atom. The van der Waals surface area contributed by atoms with Gasteiger partial charge in [0, 0.05) is 11.8 Å². The largest absolute Gasteiger partial charge is 0.451 e. The first-order valence-electron chi connectivity index (χ1n) is 7.43. The zero-order valence-electron chi connectivity index (χ0n) is 13.7. The standard InChI is InChI=1S/C18H17FO5S/c1-12(17(20)14-7-9-16(19)10-8-14)24-18(21)15-5-3-13(4-6-15)11-25(2,22)23/h3-10,12H,11H2,1-2H3/t12-/m0/s1. The number of halogens is 1. The van der Waals surface area contributed by atoms with Crippen LogP contribution in [0.1, 0.15) is 33.2 Å². The van der Waals surface area contributed by atoms with Crippen LogP contribution in [0.4, 0.5) is 4.39 Å². The molecular formula is C18H17FO5S. The fourth-order valence-corrected chi connectivity index (χ4v) is 2.97. The van der Waals surface area contributed by atoms with E-state index >= 15 is 0 Å². The number of carbonyl (C=O) groups is 2. The molecule has 132 valence electrons. The van der Waals surface area contributed by atoms with Gasteiger partial charge in [-0.2, -0.15) is 0 Å². The topological polar surface area (TPSA) is 77.5 Å². The molecule has 0 amide bonds. The van der Waals surface area contributed by atoms with Crippen molar-refractivity contribution in [2.45, 2.75) is 18.8 Å². The van der Waals surface area contributed by atoms with Crippen molar-refractivity contribution in [2.24, 2.45) is 0 Å². The molecule has 2 aromatic carbocycles. The van der Waals surface area contributed by atoms with Crippen molar-refractivity contribution >= 4 is 21.6 Å². The number of ether oxygens (including phenoxy) is 1. The van der Waals surface area contributed by atoms with E-state index in [1.54, 1.807) is 0 Å². The normalized spacial score (nSPS) is 12.4. The Bertz CT molecular complexity index is 871. The van der Waals surface area contributed by atoms with E-state index in [4.69, 9.17) is 4.74 Å². The van der Waals surface area contributed by atoms with Crippen LogP contribution in [-0.2, 0) is 20.3 Å². The smallest absolute Gasteiger partial charge is 0.338 e. The van der Waals surface area contributed by atoms with Crippen molar-refractivity contribution in [3.8, 4) is 0 Å². The van der Waals surface area contributed by atoms with Crippen LogP contribution in [0, 0.1) is 5.82 Å². The van der Waals surface area contributed by atoms with Gasteiger partial charge in [-0.3, -0.25) is 4.79 Å². The molecule has 0 fully saturated rings. The van der Waals surface area contributed by atoms with Crippen molar-refractivity contribution in [2.75, 3.05) is 6.26 Å². The maximum atomic E-state index is 12.9. The molecule has 0 N–H and O–H groups in total. The Labute approximate surface area is 145 Å². The fourth-order valence-electron chi connectivity index (χ4n) is 2.17. The van der Waals surface area contributed by atoms with Gasteiger partial charge in [0.1, 0.15) is 5.82 Å². The summed E-state index contributed by atoms with van der Waals surface area (Å²) in [4.78, 5) is 24.3. The molecule has 0 radical (unpaired) electrons. The lowest BCUT2D eigenvalue weighted by molar-refractivity contribution is 0.0319. The van der Waals surface area contributed by atoms with Crippen LogP contribution in [0.25, 0.3) is 0 Å². The summed E-state index contributed by atoms with van der Waals surface area (Å²) in [5, 5.41) is 0. The zero-order valence-corrected chi connectivity index (χ0v) is 14.5. The highest BCUT2D eigenvalue weighted by Gasteiger charge is 2.20. The highest BCUT2D eigenvalue weighted by Crippen LogP contribution is 2.12. The number of ketones is 1. The van der Waals surface area contributed by atoms with E-state index in [0.717, 1.165) is 18.4 Å². The van der Waals surface area contributed by atoms with E-state index in [9.17, 15) is 22.4 Å². The van der Waals surface area contributed by atoms with Gasteiger partial charge >= 0.3 is 5.97 Å². The lowest BCUT2D eigenvalue weighted by Gasteiger charge is -2.12. The monoisotopic (exact) mass is 364 g/mol. The quantitative estimate of drug-likeness (QED) is 0.582. The molecule has 0 aromatic heterocycles. The summed E-state index contributed by atoms with van der Waals surface area (Å²) in [5.74, 6) is -1.73. The van der Waals surface area contributed by atoms with Gasteiger partial charge in [-0.15, -0.1) is 0 Å². The molecule has 0 aliphatic carbocycles. The molecule has 0 unspecified atom stereocenters. The van der Waals surface area contributed by atoms with Gasteiger partial charge in [-0.05, 0) is 48.9 Å². The number of hydrogen-bond acceptors (Lipinski definition) is 5. The van der Waals surface area contributed by atoms with Crippen molar-refractivity contribution < 1.29 is 27.1 Å². The number of benzene rings is 2. The van der Waals surface area contributed by atoms with E-state index in [0.29, 0.717) is 5.56 Å². The van der Waals surface area contributed by atoms with Crippen LogP contribution in [0.15, 0.2) is 48.5 Å². The first-order chi connectivity index (χ1) is 11.7. The second-order valence-corrected chi connectivity index (χ2v) is 7.83. The Hall–Kier alpha value is -2.54. The van der Waals surface area contributed by atoms with Gasteiger partial charge in [0.2, 0.25) is 5.78 Å². The van der Waals surface area contributed by atoms with Crippen molar-refractivity contribution in [3.63, 3.8) is 0 Å². The third-order valence-corrected chi connectivity index (χ3v) is 4.26. The Kier molecular flexibility index (Phi) is 5.69. The lowest BCUT2D eigenvalue weighted by Crippen LogP contribution is -2.24. The summed E-state index contributed by atoms with van der Waals surface area (Å²) in [6, 6.07) is 10.9. The summed E-state index contributed by atoms with van der Waals surface area (Å²) >= 11 is 0. The fraction of sp³-hybridized carbons (Fsp3) is 0.222. The molecule has 2 aromatic rings. The third kappa shape index (κ3) is 5.49. The molecule has 0 aliphatic rings. The minimum Gasteiger partial charge on any atom is -0.451 e. The molecule has 0 spiro atoms. The van der Waals surface area contributed by atoms with E-state index < -0.39 is 33.5 Å². The minimum atomic E-state index is -3.16. The van der Waals surface area contributed by atoms with Crippen LogP contribution in [0.3, 0.4) is 0 Å². The number of Topliss-reactive ketones (excluding diaryl/α,β-unsaturated/α-hetero) is 1. The van der Waals surface area contributed by atoms with E-state index in [2.05, 4.69) is 0 Å². The van der Waals surface area contributed by atoms with Gasteiger partial charge in [0.05, 0.1) is 11.3 Å². The van der Waals surface area contributed by atoms with Crippen molar-refractivity contribution in [1.29, 1.82) is 0 Å². The molecule has 7 heteroatoms. The Morgan fingerprint density at radius 1 is 1.00 bits per heavy atom. The summed E-state index contributed by atoms with van der Waals surface area (Å²) < 4.78 is 40.5. The summed E-state index contributed by atoms with van der Waals surface area (Å²) in [6.07, 6.45) is 0.0893. The average molecular weight is 364 g/mol. The predicted molar refractivity (Wildman–Crippen MR) is 90.6 cm³/mol. The van der Waals surface area contributed by atoms with Gasteiger partial charge < -0.3 is 4.74 Å². The van der Waals surface area contributed by atoms with E-state index in [1.165, 1.54) is 43.3 Å². The molecule has 25 heavy (non-hydrogen) atoms. The molecule has 0 saturated carbocycles. The average Bonchev–Trinajstić information content (AvgIpc) is 2.54. The summed E-state index contributed by atoms with van der Waals surface area (Å²) in [6.45, 7) is 1.43. The first-order valence-corrected chi connectivity index (χ1v) is 9.49. The second-order valence-electron chi connectivity index (χ2n) is 5.69. The van der Waals surface area contributed by atoms with Gasteiger partial charge in [0.15, 0.2) is 15.9 Å². The number of hydrogen-bond donors (Lipinski definition) is 0. The molecular weight excluding hydrogens is 347 g/mol. The SMILES string of the molecule is C[C@H](OC(=O)c1ccc(CS(C)(=O)=O)cc1)C(=O)c1ccc(F)cc1. The van der Waals surface area contributed by atoms with Crippen molar-refractivity contribution in [3.05, 3.63) is 71.0 Å². The first kappa shape index (κ1) is 18.8. The maximum absolute atomic E-state index is 12.9. The second kappa shape index (κ2) is 7.57. The van der Waals surface area contributed by atoms with Gasteiger partial charge in [0.25, 0.3) is 0 Å².